The van der Waals surface area contributed by atoms with Crippen LogP contribution in [-0.4, -0.2) is 16.6 Å². The first-order valence-corrected chi connectivity index (χ1v) is 7.08. The minimum atomic E-state index is 0.513. The zero-order chi connectivity index (χ0) is 13.8. The highest BCUT2D eigenvalue weighted by Crippen LogP contribution is 2.14. The third-order valence-electron chi connectivity index (χ3n) is 2.92. The van der Waals surface area contributed by atoms with Gasteiger partial charge in [0.05, 0.1) is 28.9 Å². The lowest BCUT2D eigenvalue weighted by atomic mass is 10.2. The van der Waals surface area contributed by atoms with Crippen LogP contribution in [0.3, 0.4) is 0 Å². The molecule has 0 saturated heterocycles. The van der Waals surface area contributed by atoms with Gasteiger partial charge in [0.25, 0.3) is 0 Å². The van der Waals surface area contributed by atoms with Crippen molar-refractivity contribution in [3.8, 4) is 0 Å². The van der Waals surface area contributed by atoms with Gasteiger partial charge in [-0.2, -0.15) is 4.57 Å². The van der Waals surface area contributed by atoms with Crippen molar-refractivity contribution in [1.82, 2.24) is 9.97 Å². The predicted octanol–water partition coefficient (Wildman–Crippen LogP) is 1.79. The van der Waals surface area contributed by atoms with Crippen LogP contribution in [0.2, 0.25) is 0 Å². The number of anilines is 1. The summed E-state index contributed by atoms with van der Waals surface area (Å²) < 4.78 is 6.73. The monoisotopic (exact) mass is 299 g/mol. The summed E-state index contributed by atoms with van der Waals surface area (Å²) in [5.74, 6) is 1.23. The van der Waals surface area contributed by atoms with Gasteiger partial charge < -0.3 is 5.73 Å². The van der Waals surface area contributed by atoms with E-state index in [1.54, 1.807) is 17.5 Å². The highest BCUT2D eigenvalue weighted by Gasteiger charge is 2.17. The first kappa shape index (κ1) is 14.2. The first-order chi connectivity index (χ1) is 9.11. The van der Waals surface area contributed by atoms with Crippen LogP contribution < -0.4 is 10.3 Å². The van der Waals surface area contributed by atoms with Crippen LogP contribution in [-0.2, 0) is 17.3 Å². The number of thiazole rings is 1. The summed E-state index contributed by atoms with van der Waals surface area (Å²) in [6.07, 6.45) is 2.59. The first-order valence-electron chi connectivity index (χ1n) is 5.89. The summed E-state index contributed by atoms with van der Waals surface area (Å²) >= 11 is 6.93. The van der Waals surface area contributed by atoms with Crippen molar-refractivity contribution < 1.29 is 8.86 Å². The zero-order valence-corrected chi connectivity index (χ0v) is 12.5. The van der Waals surface area contributed by atoms with Crippen LogP contribution >= 0.6 is 23.2 Å². The normalized spacial score (nSPS) is 10.9. The van der Waals surface area contributed by atoms with Crippen LogP contribution in [0.4, 0.5) is 5.82 Å². The average molecular weight is 300 g/mol. The number of nitrogens with zero attached hydrogens (tertiary/aromatic N) is 3. The highest BCUT2D eigenvalue weighted by atomic mass is 35.5. The largest absolute Gasteiger partial charge is 0.383 e. The van der Waals surface area contributed by atoms with E-state index in [-0.39, 0.29) is 0 Å². The summed E-state index contributed by atoms with van der Waals surface area (Å²) in [6, 6.07) is 0. The molecule has 2 rings (SSSR count). The molecule has 5 nitrogen and oxygen atoms in total. The summed E-state index contributed by atoms with van der Waals surface area (Å²) in [7, 11) is 0. The van der Waals surface area contributed by atoms with Crippen molar-refractivity contribution in [1.29, 1.82) is 0 Å². The van der Waals surface area contributed by atoms with Gasteiger partial charge in [0.1, 0.15) is 11.6 Å². The van der Waals surface area contributed by atoms with Gasteiger partial charge in [-0.1, -0.05) is 11.3 Å². The fourth-order valence-corrected chi connectivity index (χ4v) is 2.85. The van der Waals surface area contributed by atoms with Crippen molar-refractivity contribution in [2.45, 2.75) is 26.8 Å². The van der Waals surface area contributed by atoms with Gasteiger partial charge in [0.15, 0.2) is 12.2 Å². The molecule has 2 aromatic rings. The third-order valence-corrected chi connectivity index (χ3v) is 4.22. The summed E-state index contributed by atoms with van der Waals surface area (Å²) in [5.41, 5.74) is 10.1. The Morgan fingerprint density at radius 2 is 2.26 bits per heavy atom. The van der Waals surface area contributed by atoms with E-state index >= 15 is 0 Å². The van der Waals surface area contributed by atoms with Gasteiger partial charge >= 0.3 is 0 Å². The minimum Gasteiger partial charge on any atom is -0.383 e. The molecule has 2 aromatic heterocycles. The average Bonchev–Trinajstić information content (AvgIpc) is 2.72. The Kier molecular flexibility index (Phi) is 4.68. The second-order valence-corrected chi connectivity index (χ2v) is 5.41. The Hall–Kier alpha value is -1.24. The Morgan fingerprint density at radius 1 is 1.47 bits per heavy atom. The van der Waals surface area contributed by atoms with Crippen LogP contribution in [0.25, 0.3) is 0 Å². The maximum atomic E-state index is 5.91. The van der Waals surface area contributed by atoms with E-state index in [0.717, 1.165) is 12.0 Å². The molecule has 0 amide bonds. The van der Waals surface area contributed by atoms with Gasteiger partial charge in [0.2, 0.25) is 5.51 Å². The summed E-state index contributed by atoms with van der Waals surface area (Å²) in [5, 5.41) is 0. The maximum Gasteiger partial charge on any atom is 0.225 e. The molecule has 0 bridgehead atoms. The van der Waals surface area contributed by atoms with Gasteiger partial charge in [-0.3, -0.25) is 4.29 Å². The quantitative estimate of drug-likeness (QED) is 0.855. The molecule has 0 spiro atoms. The fraction of sp³-hybridized carbons (Fsp3) is 0.417. The van der Waals surface area contributed by atoms with Crippen molar-refractivity contribution in [2.75, 3.05) is 12.3 Å². The zero-order valence-electron chi connectivity index (χ0n) is 10.9. The third kappa shape index (κ3) is 3.40. The van der Waals surface area contributed by atoms with Gasteiger partial charge in [0, 0.05) is 19.5 Å². The molecule has 0 aliphatic heterocycles. The van der Waals surface area contributed by atoms with Crippen LogP contribution in [0, 0.1) is 13.8 Å². The molecule has 0 saturated carbocycles. The lowest BCUT2D eigenvalue weighted by Gasteiger charge is -2.02. The standard InChI is InChI=1S/C12H16ClN4OS/c1-8-11(3-4-18-13)19-7-17(8)6-10-5-15-9(2)16-12(10)14/h5,7H,3-4,6H2,1-2H3,(H2,14,15,16)/q+1. The van der Waals surface area contributed by atoms with E-state index < -0.39 is 0 Å². The van der Waals surface area contributed by atoms with E-state index in [9.17, 15) is 0 Å². The Labute approximate surface area is 121 Å². The molecule has 0 aliphatic rings. The van der Waals surface area contributed by atoms with Gasteiger partial charge in [-0.25, -0.2) is 9.97 Å². The fourth-order valence-electron chi connectivity index (χ4n) is 1.80. The molecule has 102 valence electrons. The molecule has 2 N–H and O–H groups in total. The second-order valence-electron chi connectivity index (χ2n) is 4.25. The lowest BCUT2D eigenvalue weighted by molar-refractivity contribution is -0.689. The molecule has 0 unspecified atom stereocenters. The molecular weight excluding hydrogens is 284 g/mol. The summed E-state index contributed by atoms with van der Waals surface area (Å²) in [6.45, 7) is 5.09. The van der Waals surface area contributed by atoms with E-state index in [2.05, 4.69) is 31.3 Å². The Morgan fingerprint density at radius 3 is 2.95 bits per heavy atom. The SMILES string of the molecule is Cc1ncc(C[n+]2csc(CCOCl)c2C)c(N)n1. The van der Waals surface area contributed by atoms with Crippen molar-refractivity contribution in [3.63, 3.8) is 0 Å². The lowest BCUT2D eigenvalue weighted by Crippen LogP contribution is -2.35. The molecule has 2 heterocycles. The van der Waals surface area contributed by atoms with Crippen LogP contribution in [0.15, 0.2) is 11.7 Å². The molecule has 0 atom stereocenters. The molecular formula is C12H16ClN4OS+. The molecule has 0 radical (unpaired) electrons. The predicted molar refractivity (Wildman–Crippen MR) is 75.0 cm³/mol. The number of aromatic nitrogens is 3. The van der Waals surface area contributed by atoms with E-state index in [4.69, 9.17) is 17.6 Å². The number of nitrogens with two attached hydrogens (primary N) is 1. The number of halogens is 1. The molecule has 7 heteroatoms. The number of nitrogen functional groups attached to an aromatic ring is 1. The van der Waals surface area contributed by atoms with Crippen molar-refractivity contribution in [2.24, 2.45) is 0 Å². The Balaban J connectivity index is 2.17. The van der Waals surface area contributed by atoms with Crippen molar-refractivity contribution in [3.05, 3.63) is 33.7 Å². The van der Waals surface area contributed by atoms with Gasteiger partial charge in [-0.15, -0.1) is 0 Å². The molecule has 0 fully saturated rings. The van der Waals surface area contributed by atoms with Gasteiger partial charge in [-0.05, 0) is 6.92 Å². The van der Waals surface area contributed by atoms with Crippen LogP contribution in [0.5, 0.6) is 0 Å². The topological polar surface area (TPSA) is 64.9 Å². The Bertz CT molecular complexity index is 573. The minimum absolute atomic E-state index is 0.513. The molecule has 0 aliphatic carbocycles. The highest BCUT2D eigenvalue weighted by molar-refractivity contribution is 7.09. The smallest absolute Gasteiger partial charge is 0.225 e. The number of hydrogen-bond acceptors (Lipinski definition) is 5. The van der Waals surface area contributed by atoms with Crippen LogP contribution in [0.1, 0.15) is 22.0 Å². The number of aryl methyl sites for hydroxylation is 1. The van der Waals surface area contributed by atoms with Crippen molar-refractivity contribution >= 4 is 29.0 Å². The molecule has 0 aromatic carbocycles. The van der Waals surface area contributed by atoms with E-state index in [0.29, 0.717) is 24.8 Å². The second kappa shape index (κ2) is 6.27. The summed E-state index contributed by atoms with van der Waals surface area (Å²) in [4.78, 5) is 9.62. The number of rotatable bonds is 5. The molecule has 19 heavy (non-hydrogen) atoms. The maximum absolute atomic E-state index is 5.91. The van der Waals surface area contributed by atoms with E-state index in [1.807, 2.05) is 6.92 Å². The number of hydrogen-bond donors (Lipinski definition) is 1. The van der Waals surface area contributed by atoms with E-state index in [1.165, 1.54) is 10.6 Å².